The average molecular weight is 456 g/mol. The van der Waals surface area contributed by atoms with Crippen molar-refractivity contribution in [3.8, 4) is 17.0 Å². The van der Waals surface area contributed by atoms with Gasteiger partial charge in [-0.3, -0.25) is 4.90 Å². The van der Waals surface area contributed by atoms with Gasteiger partial charge in [-0.05, 0) is 48.8 Å². The van der Waals surface area contributed by atoms with Crippen LogP contribution in [0.1, 0.15) is 32.0 Å². The Morgan fingerprint density at radius 1 is 1.30 bits per heavy atom. The summed E-state index contributed by atoms with van der Waals surface area (Å²) in [6.45, 7) is 6.09. The Morgan fingerprint density at radius 2 is 2.00 bits per heavy atom. The lowest BCUT2D eigenvalue weighted by Gasteiger charge is -2.24. The topological polar surface area (TPSA) is 90.6 Å². The van der Waals surface area contributed by atoms with Crippen LogP contribution in [0.25, 0.3) is 11.3 Å². The van der Waals surface area contributed by atoms with E-state index in [4.69, 9.17) is 26.8 Å². The Kier molecular flexibility index (Phi) is 5.22. The van der Waals surface area contributed by atoms with Gasteiger partial charge in [0, 0.05) is 11.1 Å². The number of rotatable bonds is 2. The van der Waals surface area contributed by atoms with Gasteiger partial charge in [0.25, 0.3) is 0 Å². The van der Waals surface area contributed by atoms with E-state index in [1.807, 2.05) is 20.8 Å². The molecule has 1 aromatic heterocycles. The molecule has 2 N–H and O–H groups in total. The van der Waals surface area contributed by atoms with Crippen molar-refractivity contribution in [2.75, 3.05) is 12.8 Å². The van der Waals surface area contributed by atoms with E-state index in [0.29, 0.717) is 40.8 Å². The van der Waals surface area contributed by atoms with Crippen molar-refractivity contribution in [2.24, 2.45) is 0 Å². The minimum atomic E-state index is -0.582. The summed E-state index contributed by atoms with van der Waals surface area (Å²) >= 11 is 9.85. The van der Waals surface area contributed by atoms with Gasteiger partial charge in [-0.25, -0.2) is 14.8 Å². The molecule has 144 valence electrons. The third-order valence-corrected chi connectivity index (χ3v) is 4.88. The van der Waals surface area contributed by atoms with Crippen molar-refractivity contribution in [3.63, 3.8) is 0 Å². The molecule has 0 bridgehead atoms. The number of nitrogens with zero attached hydrogens (tertiary/aromatic N) is 3. The summed E-state index contributed by atoms with van der Waals surface area (Å²) in [7, 11) is 1.57. The number of amides is 1. The lowest BCUT2D eigenvalue weighted by Crippen LogP contribution is -2.33. The van der Waals surface area contributed by atoms with Crippen LogP contribution in [0.2, 0.25) is 5.02 Å². The van der Waals surface area contributed by atoms with Gasteiger partial charge in [-0.15, -0.1) is 0 Å². The highest BCUT2D eigenvalue weighted by Gasteiger charge is 2.32. The number of carbonyl (C=O) groups excluding carboxylic acids is 1. The van der Waals surface area contributed by atoms with Crippen molar-refractivity contribution >= 4 is 39.6 Å². The molecule has 0 radical (unpaired) electrons. The molecule has 1 aromatic carbocycles. The van der Waals surface area contributed by atoms with E-state index in [1.165, 1.54) is 0 Å². The zero-order valence-corrected chi connectivity index (χ0v) is 17.8. The monoisotopic (exact) mass is 454 g/mol. The molecule has 2 heterocycles. The number of carbonyl (C=O) groups is 1. The lowest BCUT2D eigenvalue weighted by molar-refractivity contribution is 0.0241. The first-order valence-electron chi connectivity index (χ1n) is 8.25. The number of fused-ring (bicyclic) bond motifs is 1. The van der Waals surface area contributed by atoms with Gasteiger partial charge in [0.1, 0.15) is 11.4 Å². The summed E-state index contributed by atoms with van der Waals surface area (Å²) < 4.78 is 11.6. The highest BCUT2D eigenvalue weighted by molar-refractivity contribution is 9.10. The number of benzene rings is 1. The van der Waals surface area contributed by atoms with Crippen LogP contribution in [0.3, 0.4) is 0 Å². The summed E-state index contributed by atoms with van der Waals surface area (Å²) in [5, 5.41) is 0.485. The predicted octanol–water partition coefficient (Wildman–Crippen LogP) is 4.40. The molecular weight excluding hydrogens is 436 g/mol. The van der Waals surface area contributed by atoms with E-state index < -0.39 is 11.7 Å². The number of halogens is 2. The highest BCUT2D eigenvalue weighted by Crippen LogP contribution is 2.40. The fourth-order valence-corrected chi connectivity index (χ4v) is 3.71. The predicted molar refractivity (Wildman–Crippen MR) is 107 cm³/mol. The van der Waals surface area contributed by atoms with E-state index in [1.54, 1.807) is 24.1 Å². The molecule has 0 aliphatic carbocycles. The summed E-state index contributed by atoms with van der Waals surface area (Å²) in [6, 6.07) is 3.52. The molecule has 7 nitrogen and oxygen atoms in total. The molecule has 2 aromatic rings. The third-order valence-electron chi connectivity index (χ3n) is 3.95. The van der Waals surface area contributed by atoms with Gasteiger partial charge in [0.15, 0.2) is 0 Å². The first kappa shape index (κ1) is 19.7. The summed E-state index contributed by atoms with van der Waals surface area (Å²) in [5.41, 5.74) is 8.04. The number of aromatic nitrogens is 2. The van der Waals surface area contributed by atoms with Crippen LogP contribution in [0.4, 0.5) is 10.7 Å². The highest BCUT2D eigenvalue weighted by atomic mass is 79.9. The van der Waals surface area contributed by atoms with Gasteiger partial charge in [-0.2, -0.15) is 0 Å². The standard InChI is InChI=1S/C18H20BrClN4O3/c1-18(2,3)27-17(25)24-7-10-13(8-24)22-16(21)23-15(10)9-5-14(26-4)11(19)6-12(9)20/h5-6H,7-8H2,1-4H3,(H2,21,22,23). The number of ether oxygens (including phenoxy) is 2. The maximum absolute atomic E-state index is 12.4. The van der Waals surface area contributed by atoms with Crippen molar-refractivity contribution in [2.45, 2.75) is 39.5 Å². The SMILES string of the molecule is COc1cc(-c2nc(N)nc3c2CN(C(=O)OC(C)(C)C)C3)c(Cl)cc1Br. The Bertz CT molecular complexity index is 914. The van der Waals surface area contributed by atoms with Crippen molar-refractivity contribution in [1.29, 1.82) is 0 Å². The minimum absolute atomic E-state index is 0.118. The fraction of sp³-hybridized carbons (Fsp3) is 0.389. The number of hydrogen-bond acceptors (Lipinski definition) is 6. The maximum atomic E-state index is 12.4. The molecule has 0 saturated carbocycles. The number of hydrogen-bond donors (Lipinski definition) is 1. The van der Waals surface area contributed by atoms with Crippen molar-refractivity contribution in [1.82, 2.24) is 14.9 Å². The second-order valence-corrected chi connectivity index (χ2v) is 8.42. The lowest BCUT2D eigenvalue weighted by atomic mass is 10.1. The van der Waals surface area contributed by atoms with Gasteiger partial charge >= 0.3 is 6.09 Å². The number of anilines is 1. The molecule has 0 saturated heterocycles. The van der Waals surface area contributed by atoms with Crippen molar-refractivity contribution in [3.05, 3.63) is 32.9 Å². The Hall–Kier alpha value is -2.06. The molecule has 1 aliphatic rings. The zero-order valence-electron chi connectivity index (χ0n) is 15.5. The summed E-state index contributed by atoms with van der Waals surface area (Å²) in [4.78, 5) is 22.7. The number of methoxy groups -OCH3 is 1. The zero-order chi connectivity index (χ0) is 19.9. The summed E-state index contributed by atoms with van der Waals surface area (Å²) in [5.74, 6) is 0.732. The van der Waals surface area contributed by atoms with E-state index in [0.717, 1.165) is 10.0 Å². The van der Waals surface area contributed by atoms with Crippen molar-refractivity contribution < 1.29 is 14.3 Å². The quantitative estimate of drug-likeness (QED) is 0.722. The molecule has 9 heteroatoms. The average Bonchev–Trinajstić information content (AvgIpc) is 2.97. The number of nitrogens with two attached hydrogens (primary N) is 1. The van der Waals surface area contributed by atoms with Crippen LogP contribution in [0.5, 0.6) is 5.75 Å². The molecule has 1 amide bonds. The van der Waals surface area contributed by atoms with Gasteiger partial charge in [-0.1, -0.05) is 11.6 Å². The van der Waals surface area contributed by atoms with E-state index in [-0.39, 0.29) is 5.95 Å². The van der Waals surface area contributed by atoms with E-state index >= 15 is 0 Å². The van der Waals surface area contributed by atoms with Gasteiger partial charge in [0.2, 0.25) is 5.95 Å². The second kappa shape index (κ2) is 7.16. The van der Waals surface area contributed by atoms with Gasteiger partial charge < -0.3 is 15.2 Å². The molecule has 0 spiro atoms. The molecule has 0 atom stereocenters. The largest absolute Gasteiger partial charge is 0.496 e. The molecular formula is C18H20BrClN4O3. The van der Waals surface area contributed by atoms with Crippen LogP contribution in [-0.2, 0) is 17.8 Å². The molecule has 0 unspecified atom stereocenters. The first-order chi connectivity index (χ1) is 12.6. The normalized spacial score (nSPS) is 13.5. The van der Waals surface area contributed by atoms with E-state index in [2.05, 4.69) is 25.9 Å². The van der Waals surface area contributed by atoms with Crippen LogP contribution in [-0.4, -0.2) is 33.7 Å². The van der Waals surface area contributed by atoms with Crippen LogP contribution < -0.4 is 10.5 Å². The fourth-order valence-electron chi connectivity index (χ4n) is 2.82. The molecule has 1 aliphatic heterocycles. The summed E-state index contributed by atoms with van der Waals surface area (Å²) in [6.07, 6.45) is -0.412. The van der Waals surface area contributed by atoms with Gasteiger partial charge in [0.05, 0.1) is 41.1 Å². The minimum Gasteiger partial charge on any atom is -0.496 e. The Labute approximate surface area is 171 Å². The third kappa shape index (κ3) is 4.11. The first-order valence-corrected chi connectivity index (χ1v) is 9.42. The molecule has 3 rings (SSSR count). The number of nitrogen functional groups attached to an aromatic ring is 1. The Morgan fingerprint density at radius 3 is 2.63 bits per heavy atom. The molecule has 27 heavy (non-hydrogen) atoms. The van der Waals surface area contributed by atoms with Crippen LogP contribution >= 0.6 is 27.5 Å². The van der Waals surface area contributed by atoms with Crippen LogP contribution in [0.15, 0.2) is 16.6 Å². The smallest absolute Gasteiger partial charge is 0.410 e. The second-order valence-electron chi connectivity index (χ2n) is 7.16. The van der Waals surface area contributed by atoms with Crippen LogP contribution in [0, 0.1) is 0 Å². The van der Waals surface area contributed by atoms with E-state index in [9.17, 15) is 4.79 Å². The molecule has 0 fully saturated rings. The maximum Gasteiger partial charge on any atom is 0.410 e. The Balaban J connectivity index is 2.02.